The summed E-state index contributed by atoms with van der Waals surface area (Å²) in [5.74, 6) is 0.342. The quantitative estimate of drug-likeness (QED) is 0.387. The minimum absolute atomic E-state index is 0.207. The standard InChI is InChI=1S/C27H24N2O4/c1-19-12-13-22(16-24(19)29-27(31)25-11-6-14-32-25)26(30)28-17-21-9-5-10-23(15-21)33-18-20-7-3-2-4-8-20/h2-16H,17-18H2,1H3,(H,28,30)(H,29,31). The van der Waals surface area contributed by atoms with Gasteiger partial charge in [-0.2, -0.15) is 0 Å². The zero-order valence-corrected chi connectivity index (χ0v) is 18.2. The maximum atomic E-state index is 12.7. The minimum Gasteiger partial charge on any atom is -0.489 e. The molecule has 0 aliphatic heterocycles. The van der Waals surface area contributed by atoms with Crippen LogP contribution in [0, 0.1) is 6.92 Å². The van der Waals surface area contributed by atoms with Crippen molar-refractivity contribution in [3.8, 4) is 5.75 Å². The molecule has 2 amide bonds. The van der Waals surface area contributed by atoms with Crippen molar-refractivity contribution >= 4 is 17.5 Å². The first kappa shape index (κ1) is 21.9. The summed E-state index contributed by atoms with van der Waals surface area (Å²) >= 11 is 0. The number of carbonyl (C=O) groups excluding carboxylic acids is 2. The van der Waals surface area contributed by atoms with Gasteiger partial charge in [-0.15, -0.1) is 0 Å². The Morgan fingerprint density at radius 3 is 2.45 bits per heavy atom. The van der Waals surface area contributed by atoms with E-state index in [2.05, 4.69) is 10.6 Å². The van der Waals surface area contributed by atoms with Crippen molar-refractivity contribution in [1.29, 1.82) is 0 Å². The van der Waals surface area contributed by atoms with Gasteiger partial charge in [0.05, 0.1) is 6.26 Å². The minimum atomic E-state index is -0.368. The van der Waals surface area contributed by atoms with Crippen molar-refractivity contribution in [2.75, 3.05) is 5.32 Å². The Kier molecular flexibility index (Phi) is 6.85. The Morgan fingerprint density at radius 1 is 0.848 bits per heavy atom. The molecule has 6 heteroatoms. The van der Waals surface area contributed by atoms with Gasteiger partial charge in [0.15, 0.2) is 5.76 Å². The van der Waals surface area contributed by atoms with Crippen LogP contribution in [0.3, 0.4) is 0 Å². The number of carbonyl (C=O) groups is 2. The molecule has 33 heavy (non-hydrogen) atoms. The van der Waals surface area contributed by atoms with E-state index in [9.17, 15) is 9.59 Å². The molecule has 0 unspecified atom stereocenters. The molecule has 0 aliphatic rings. The van der Waals surface area contributed by atoms with Gasteiger partial charge in [0.25, 0.3) is 11.8 Å². The van der Waals surface area contributed by atoms with E-state index in [4.69, 9.17) is 9.15 Å². The van der Waals surface area contributed by atoms with E-state index in [0.717, 1.165) is 22.4 Å². The molecule has 0 fully saturated rings. The smallest absolute Gasteiger partial charge is 0.291 e. The summed E-state index contributed by atoms with van der Waals surface area (Å²) in [5, 5.41) is 5.71. The molecule has 2 N–H and O–H groups in total. The zero-order valence-electron chi connectivity index (χ0n) is 18.2. The van der Waals surface area contributed by atoms with Crippen LogP contribution >= 0.6 is 0 Å². The molecule has 1 heterocycles. The highest BCUT2D eigenvalue weighted by atomic mass is 16.5. The fraction of sp³-hybridized carbons (Fsp3) is 0.111. The first-order valence-corrected chi connectivity index (χ1v) is 10.6. The first-order valence-electron chi connectivity index (χ1n) is 10.6. The number of benzene rings is 3. The van der Waals surface area contributed by atoms with Crippen molar-refractivity contribution in [3.63, 3.8) is 0 Å². The number of hydrogen-bond acceptors (Lipinski definition) is 4. The van der Waals surface area contributed by atoms with Gasteiger partial charge in [-0.05, 0) is 60.0 Å². The van der Waals surface area contributed by atoms with Gasteiger partial charge in [0, 0.05) is 17.8 Å². The van der Waals surface area contributed by atoms with E-state index >= 15 is 0 Å². The lowest BCUT2D eigenvalue weighted by Gasteiger charge is -2.11. The topological polar surface area (TPSA) is 80.6 Å². The second-order valence-corrected chi connectivity index (χ2v) is 7.57. The summed E-state index contributed by atoms with van der Waals surface area (Å²) in [6.45, 7) is 2.69. The highest BCUT2D eigenvalue weighted by Gasteiger charge is 2.13. The van der Waals surface area contributed by atoms with E-state index in [1.54, 1.807) is 30.3 Å². The number of ether oxygens (including phenoxy) is 1. The first-order chi connectivity index (χ1) is 16.1. The molecule has 0 aliphatic carbocycles. The molecule has 6 nitrogen and oxygen atoms in total. The molecule has 0 saturated carbocycles. The Hall–Kier alpha value is -4.32. The fourth-order valence-corrected chi connectivity index (χ4v) is 3.26. The SMILES string of the molecule is Cc1ccc(C(=O)NCc2cccc(OCc3ccccc3)c2)cc1NC(=O)c1ccco1. The van der Waals surface area contributed by atoms with Gasteiger partial charge < -0.3 is 19.8 Å². The van der Waals surface area contributed by atoms with E-state index in [1.807, 2.05) is 61.5 Å². The maximum absolute atomic E-state index is 12.7. The molecule has 0 saturated heterocycles. The third-order valence-electron chi connectivity index (χ3n) is 5.09. The zero-order chi connectivity index (χ0) is 23.0. The molecular weight excluding hydrogens is 416 g/mol. The lowest BCUT2D eigenvalue weighted by atomic mass is 10.1. The molecule has 4 aromatic rings. The van der Waals surface area contributed by atoms with Crippen molar-refractivity contribution in [1.82, 2.24) is 5.32 Å². The van der Waals surface area contributed by atoms with Crippen LogP contribution in [0.2, 0.25) is 0 Å². The number of rotatable bonds is 8. The lowest BCUT2D eigenvalue weighted by Crippen LogP contribution is -2.23. The molecule has 3 aromatic carbocycles. The Morgan fingerprint density at radius 2 is 1.67 bits per heavy atom. The molecule has 1 aromatic heterocycles. The van der Waals surface area contributed by atoms with Crippen LogP contribution in [-0.4, -0.2) is 11.8 Å². The largest absolute Gasteiger partial charge is 0.489 e. The predicted octanol–water partition coefficient (Wildman–Crippen LogP) is 5.35. The molecule has 0 atom stereocenters. The van der Waals surface area contributed by atoms with Crippen LogP contribution in [0.25, 0.3) is 0 Å². The average Bonchev–Trinajstić information content (AvgIpc) is 3.39. The van der Waals surface area contributed by atoms with Gasteiger partial charge >= 0.3 is 0 Å². The van der Waals surface area contributed by atoms with Crippen molar-refractivity contribution in [2.24, 2.45) is 0 Å². The van der Waals surface area contributed by atoms with Crippen LogP contribution in [0.4, 0.5) is 5.69 Å². The second-order valence-electron chi connectivity index (χ2n) is 7.57. The molecule has 166 valence electrons. The average molecular weight is 440 g/mol. The number of furan rings is 1. The Balaban J connectivity index is 1.36. The predicted molar refractivity (Wildman–Crippen MR) is 126 cm³/mol. The highest BCUT2D eigenvalue weighted by molar-refractivity contribution is 6.03. The van der Waals surface area contributed by atoms with Gasteiger partial charge in [-0.1, -0.05) is 48.5 Å². The summed E-state index contributed by atoms with van der Waals surface area (Å²) in [6.07, 6.45) is 1.44. The van der Waals surface area contributed by atoms with Gasteiger partial charge in [-0.3, -0.25) is 9.59 Å². The van der Waals surface area contributed by atoms with Crippen LogP contribution in [0.15, 0.2) is 95.6 Å². The van der Waals surface area contributed by atoms with Crippen LogP contribution in [-0.2, 0) is 13.2 Å². The van der Waals surface area contributed by atoms with Gasteiger partial charge in [0.1, 0.15) is 12.4 Å². The summed E-state index contributed by atoms with van der Waals surface area (Å²) < 4.78 is 11.0. The molecular formula is C27H24N2O4. The number of anilines is 1. The van der Waals surface area contributed by atoms with Crippen LogP contribution in [0.1, 0.15) is 37.6 Å². The number of amides is 2. The van der Waals surface area contributed by atoms with Crippen molar-refractivity contribution < 1.29 is 18.7 Å². The van der Waals surface area contributed by atoms with E-state index in [0.29, 0.717) is 24.4 Å². The summed E-state index contributed by atoms with van der Waals surface area (Å²) in [4.78, 5) is 25.0. The van der Waals surface area contributed by atoms with Gasteiger partial charge in [0.2, 0.25) is 0 Å². The fourth-order valence-electron chi connectivity index (χ4n) is 3.26. The highest BCUT2D eigenvalue weighted by Crippen LogP contribution is 2.19. The molecule has 0 radical (unpaired) electrons. The summed E-state index contributed by atoms with van der Waals surface area (Å²) in [7, 11) is 0. The normalized spacial score (nSPS) is 10.5. The lowest BCUT2D eigenvalue weighted by molar-refractivity contribution is 0.0949. The van der Waals surface area contributed by atoms with Crippen molar-refractivity contribution in [2.45, 2.75) is 20.1 Å². The van der Waals surface area contributed by atoms with E-state index < -0.39 is 0 Å². The van der Waals surface area contributed by atoms with Crippen molar-refractivity contribution in [3.05, 3.63) is 119 Å². The number of nitrogens with one attached hydrogen (secondary N) is 2. The monoisotopic (exact) mass is 440 g/mol. The van der Waals surface area contributed by atoms with Crippen LogP contribution < -0.4 is 15.4 Å². The van der Waals surface area contributed by atoms with Gasteiger partial charge in [-0.25, -0.2) is 0 Å². The van der Waals surface area contributed by atoms with Crippen LogP contribution in [0.5, 0.6) is 5.75 Å². The maximum Gasteiger partial charge on any atom is 0.291 e. The van der Waals surface area contributed by atoms with E-state index in [1.165, 1.54) is 6.26 Å². The summed E-state index contributed by atoms with van der Waals surface area (Å²) in [6, 6.07) is 26.0. The third kappa shape index (κ3) is 5.89. The Labute approximate surface area is 192 Å². The second kappa shape index (κ2) is 10.3. The number of hydrogen-bond donors (Lipinski definition) is 2. The summed E-state index contributed by atoms with van der Waals surface area (Å²) in [5.41, 5.74) is 3.86. The molecule has 0 spiro atoms. The third-order valence-corrected chi connectivity index (χ3v) is 5.09. The molecule has 0 bridgehead atoms. The van der Waals surface area contributed by atoms with E-state index in [-0.39, 0.29) is 17.6 Å². The number of aryl methyl sites for hydroxylation is 1. The molecule has 4 rings (SSSR count). The Bertz CT molecular complexity index is 1230.